The lowest BCUT2D eigenvalue weighted by Gasteiger charge is -2.39. The quantitative estimate of drug-likeness (QED) is 0.556. The Bertz CT molecular complexity index is 1100. The SMILES string of the molecule is CN1C(COc2cccc(F)c2)=N[C@H](c2cccc(F)c2)[C@]1(C)c1cccc(F)c1. The molecule has 0 saturated heterocycles. The highest BCUT2D eigenvalue weighted by Crippen LogP contribution is 2.46. The Morgan fingerprint density at radius 2 is 1.53 bits per heavy atom. The number of likely N-dealkylation sites (N-methyl/N-ethyl adjacent to an activating group) is 1. The lowest BCUT2D eigenvalue weighted by molar-refractivity contribution is 0.209. The molecule has 4 rings (SSSR count). The van der Waals surface area contributed by atoms with Gasteiger partial charge >= 0.3 is 0 Å². The lowest BCUT2D eigenvalue weighted by Crippen LogP contribution is -2.44. The van der Waals surface area contributed by atoms with Crippen molar-refractivity contribution >= 4 is 5.84 Å². The van der Waals surface area contributed by atoms with Crippen molar-refractivity contribution in [1.82, 2.24) is 4.90 Å². The summed E-state index contributed by atoms with van der Waals surface area (Å²) >= 11 is 0. The Balaban J connectivity index is 1.72. The summed E-state index contributed by atoms with van der Waals surface area (Å²) in [5.41, 5.74) is 0.620. The summed E-state index contributed by atoms with van der Waals surface area (Å²) in [6.45, 7) is 2.03. The van der Waals surface area contributed by atoms with Crippen LogP contribution in [0.5, 0.6) is 5.75 Å². The van der Waals surface area contributed by atoms with E-state index in [0.29, 0.717) is 22.7 Å². The number of amidine groups is 1. The van der Waals surface area contributed by atoms with E-state index < -0.39 is 17.4 Å². The molecule has 2 atom stereocenters. The summed E-state index contributed by atoms with van der Waals surface area (Å²) in [5.74, 6) is -0.134. The van der Waals surface area contributed by atoms with E-state index in [1.54, 1.807) is 30.3 Å². The first-order chi connectivity index (χ1) is 14.4. The maximum absolute atomic E-state index is 14.0. The van der Waals surface area contributed by atoms with Crippen LogP contribution in [-0.4, -0.2) is 24.4 Å². The van der Waals surface area contributed by atoms with Gasteiger partial charge in [0.25, 0.3) is 0 Å². The summed E-state index contributed by atoms with van der Waals surface area (Å²) in [4.78, 5) is 6.73. The van der Waals surface area contributed by atoms with Gasteiger partial charge in [-0.3, -0.25) is 4.99 Å². The van der Waals surface area contributed by atoms with E-state index in [4.69, 9.17) is 9.73 Å². The molecule has 0 amide bonds. The molecule has 0 saturated carbocycles. The van der Waals surface area contributed by atoms with Crippen LogP contribution < -0.4 is 4.74 Å². The molecule has 3 nitrogen and oxygen atoms in total. The molecule has 30 heavy (non-hydrogen) atoms. The van der Waals surface area contributed by atoms with Crippen LogP contribution in [0.3, 0.4) is 0 Å². The molecule has 6 heteroatoms. The Hall–Kier alpha value is -3.28. The monoisotopic (exact) mass is 410 g/mol. The van der Waals surface area contributed by atoms with Crippen molar-refractivity contribution in [2.75, 3.05) is 13.7 Å². The fraction of sp³-hybridized carbons (Fsp3) is 0.208. The van der Waals surface area contributed by atoms with Crippen molar-refractivity contribution in [2.24, 2.45) is 4.99 Å². The number of hydrogen-bond donors (Lipinski definition) is 0. The van der Waals surface area contributed by atoms with E-state index in [2.05, 4.69) is 0 Å². The Kier molecular flexibility index (Phi) is 5.24. The predicted octanol–water partition coefficient (Wildman–Crippen LogP) is 5.48. The number of halogens is 3. The Morgan fingerprint density at radius 1 is 0.900 bits per heavy atom. The first kappa shape index (κ1) is 20.0. The molecule has 0 unspecified atom stereocenters. The van der Waals surface area contributed by atoms with Crippen molar-refractivity contribution in [1.29, 1.82) is 0 Å². The zero-order chi connectivity index (χ0) is 21.3. The van der Waals surface area contributed by atoms with Crippen LogP contribution in [0.25, 0.3) is 0 Å². The van der Waals surface area contributed by atoms with E-state index in [9.17, 15) is 13.2 Å². The average molecular weight is 410 g/mol. The summed E-state index contributed by atoms with van der Waals surface area (Å²) in [7, 11) is 1.85. The first-order valence-corrected chi connectivity index (χ1v) is 9.58. The third-order valence-electron chi connectivity index (χ3n) is 5.63. The van der Waals surface area contributed by atoms with Crippen LogP contribution in [-0.2, 0) is 5.54 Å². The number of hydrogen-bond acceptors (Lipinski definition) is 3. The van der Waals surface area contributed by atoms with E-state index in [0.717, 1.165) is 0 Å². The molecule has 0 aliphatic carbocycles. The normalized spacial score (nSPS) is 20.9. The van der Waals surface area contributed by atoms with Gasteiger partial charge in [-0.2, -0.15) is 0 Å². The molecule has 0 N–H and O–H groups in total. The van der Waals surface area contributed by atoms with Crippen molar-refractivity contribution in [2.45, 2.75) is 18.5 Å². The summed E-state index contributed by atoms with van der Waals surface area (Å²) in [5, 5.41) is 0. The molecule has 0 aromatic heterocycles. The Morgan fingerprint density at radius 3 is 2.20 bits per heavy atom. The highest BCUT2D eigenvalue weighted by atomic mass is 19.1. The standard InChI is InChI=1S/C24H21F3N2O/c1-24(17-7-4-9-19(26)13-17)23(16-6-3-8-18(25)12-16)28-22(29(24)2)15-30-21-11-5-10-20(27)14-21/h3-14,23H,15H2,1-2H3/t23-,24+/m1/s1. The van der Waals surface area contributed by atoms with Gasteiger partial charge in [0.05, 0.1) is 5.54 Å². The van der Waals surface area contributed by atoms with Gasteiger partial charge in [-0.25, -0.2) is 13.2 Å². The first-order valence-electron chi connectivity index (χ1n) is 9.58. The van der Waals surface area contributed by atoms with Crippen LogP contribution >= 0.6 is 0 Å². The fourth-order valence-corrected chi connectivity index (χ4v) is 3.88. The van der Waals surface area contributed by atoms with E-state index in [-0.39, 0.29) is 18.2 Å². The largest absolute Gasteiger partial charge is 0.486 e. The van der Waals surface area contributed by atoms with Crippen LogP contribution in [0.1, 0.15) is 24.1 Å². The molecule has 1 aliphatic rings. The third kappa shape index (κ3) is 3.65. The predicted molar refractivity (Wildman–Crippen MR) is 110 cm³/mol. The second-order valence-electron chi connectivity index (χ2n) is 7.47. The van der Waals surface area contributed by atoms with E-state index in [1.165, 1.54) is 36.4 Å². The zero-order valence-corrected chi connectivity index (χ0v) is 16.6. The number of nitrogens with zero attached hydrogens (tertiary/aromatic N) is 2. The summed E-state index contributed by atoms with van der Waals surface area (Å²) in [6, 6.07) is 18.0. The van der Waals surface area contributed by atoms with Crippen LogP contribution in [0.4, 0.5) is 13.2 Å². The average Bonchev–Trinajstić information content (AvgIpc) is 2.98. The molecule has 1 heterocycles. The van der Waals surface area contributed by atoms with Crippen molar-refractivity contribution < 1.29 is 17.9 Å². The van der Waals surface area contributed by atoms with Gasteiger partial charge < -0.3 is 9.64 Å². The minimum absolute atomic E-state index is 0.0939. The fourth-order valence-electron chi connectivity index (χ4n) is 3.88. The highest BCUT2D eigenvalue weighted by molar-refractivity contribution is 5.87. The number of rotatable bonds is 5. The second-order valence-corrected chi connectivity index (χ2v) is 7.47. The Labute approximate surface area is 173 Å². The molecule has 3 aromatic rings. The zero-order valence-electron chi connectivity index (χ0n) is 16.6. The summed E-state index contributed by atoms with van der Waals surface area (Å²) < 4.78 is 47.2. The van der Waals surface area contributed by atoms with Crippen LogP contribution in [0.15, 0.2) is 77.8 Å². The third-order valence-corrected chi connectivity index (χ3v) is 5.63. The van der Waals surface area contributed by atoms with Crippen LogP contribution in [0, 0.1) is 17.5 Å². The van der Waals surface area contributed by atoms with Crippen molar-refractivity contribution in [3.63, 3.8) is 0 Å². The number of ether oxygens (including phenoxy) is 1. The molecule has 0 spiro atoms. The van der Waals surface area contributed by atoms with E-state index >= 15 is 0 Å². The van der Waals surface area contributed by atoms with Gasteiger partial charge in [0.2, 0.25) is 0 Å². The van der Waals surface area contributed by atoms with Gasteiger partial charge in [-0.1, -0.05) is 30.3 Å². The van der Waals surface area contributed by atoms with Crippen molar-refractivity contribution in [3.05, 3.63) is 101 Å². The smallest absolute Gasteiger partial charge is 0.145 e. The van der Waals surface area contributed by atoms with Crippen molar-refractivity contribution in [3.8, 4) is 5.75 Å². The number of benzene rings is 3. The summed E-state index contributed by atoms with van der Waals surface area (Å²) in [6.07, 6.45) is 0. The van der Waals surface area contributed by atoms with Gasteiger partial charge in [0.1, 0.15) is 41.7 Å². The molecule has 0 radical (unpaired) electrons. The molecule has 0 fully saturated rings. The number of aliphatic imine (C=N–C) groups is 1. The van der Waals surface area contributed by atoms with Gasteiger partial charge in [0.15, 0.2) is 0 Å². The molecule has 3 aromatic carbocycles. The van der Waals surface area contributed by atoms with Gasteiger partial charge in [-0.15, -0.1) is 0 Å². The van der Waals surface area contributed by atoms with Gasteiger partial charge in [0, 0.05) is 13.1 Å². The van der Waals surface area contributed by atoms with E-state index in [1.807, 2.05) is 24.9 Å². The second kappa shape index (κ2) is 7.86. The van der Waals surface area contributed by atoms with Crippen LogP contribution in [0.2, 0.25) is 0 Å². The molecular formula is C24H21F3N2O. The molecular weight excluding hydrogens is 389 g/mol. The minimum Gasteiger partial charge on any atom is -0.486 e. The maximum Gasteiger partial charge on any atom is 0.145 e. The molecule has 0 bridgehead atoms. The molecule has 1 aliphatic heterocycles. The highest BCUT2D eigenvalue weighted by Gasteiger charge is 2.47. The minimum atomic E-state index is -0.767. The lowest BCUT2D eigenvalue weighted by atomic mass is 9.81. The topological polar surface area (TPSA) is 24.8 Å². The maximum atomic E-state index is 14.0. The van der Waals surface area contributed by atoms with Gasteiger partial charge in [-0.05, 0) is 54.4 Å². The molecule has 154 valence electrons.